The predicted molar refractivity (Wildman–Crippen MR) is 83.1 cm³/mol. The van der Waals surface area contributed by atoms with E-state index in [4.69, 9.17) is 9.47 Å². The average molecular weight is 266 g/mol. The molecule has 0 atom stereocenters. The molecule has 0 aromatic heterocycles. The lowest BCUT2D eigenvalue weighted by Crippen LogP contribution is -1.96. The first kappa shape index (κ1) is 13.9. The molecule has 0 bridgehead atoms. The molecule has 0 heterocycles. The summed E-state index contributed by atoms with van der Waals surface area (Å²) in [5.41, 5.74) is 1.09. The summed E-state index contributed by atoms with van der Waals surface area (Å²) in [6.45, 7) is 4.79. The van der Waals surface area contributed by atoms with Crippen LogP contribution in [0.4, 0.5) is 0 Å². The van der Waals surface area contributed by atoms with Crippen LogP contribution in [-0.4, -0.2) is 13.2 Å². The fourth-order valence-electron chi connectivity index (χ4n) is 1.64. The molecule has 0 radical (unpaired) electrons. The molecule has 0 fully saturated rings. The van der Waals surface area contributed by atoms with Crippen molar-refractivity contribution in [1.29, 1.82) is 0 Å². The van der Waals surface area contributed by atoms with Gasteiger partial charge in [-0.3, -0.25) is 0 Å². The highest BCUT2D eigenvalue weighted by molar-refractivity contribution is 5.48. The van der Waals surface area contributed by atoms with Crippen LogP contribution in [0.3, 0.4) is 0 Å². The Balaban J connectivity index is 1.67. The lowest BCUT2D eigenvalue weighted by molar-refractivity contribution is 0.350. The van der Waals surface area contributed by atoms with E-state index in [2.05, 4.69) is 6.58 Å². The van der Waals surface area contributed by atoms with Crippen molar-refractivity contribution >= 4 is 6.08 Å². The molecule has 2 rings (SSSR count). The quantitative estimate of drug-likeness (QED) is 0.694. The van der Waals surface area contributed by atoms with Gasteiger partial charge >= 0.3 is 0 Å². The standard InChI is InChI=1S/C18H18O2/c1-2-16-10-12-18(13-11-16)20-15-7-6-14-19-17-8-4-3-5-9-17/h2-13H,1,14-15H2/b7-6+. The van der Waals surface area contributed by atoms with Crippen molar-refractivity contribution in [2.24, 2.45) is 0 Å². The summed E-state index contributed by atoms with van der Waals surface area (Å²) < 4.78 is 11.1. The highest BCUT2D eigenvalue weighted by Gasteiger charge is 1.91. The maximum atomic E-state index is 5.58. The number of hydrogen-bond acceptors (Lipinski definition) is 2. The van der Waals surface area contributed by atoms with E-state index < -0.39 is 0 Å². The van der Waals surface area contributed by atoms with Crippen LogP contribution in [0.2, 0.25) is 0 Å². The van der Waals surface area contributed by atoms with Gasteiger partial charge in [0.15, 0.2) is 0 Å². The Kier molecular flexibility index (Phi) is 5.47. The van der Waals surface area contributed by atoms with Gasteiger partial charge in [0.2, 0.25) is 0 Å². The Bertz CT molecular complexity index is 541. The molecule has 0 saturated heterocycles. The second kappa shape index (κ2) is 7.85. The molecule has 2 heteroatoms. The van der Waals surface area contributed by atoms with E-state index in [-0.39, 0.29) is 0 Å². The second-order valence-corrected chi connectivity index (χ2v) is 4.18. The maximum Gasteiger partial charge on any atom is 0.119 e. The van der Waals surface area contributed by atoms with Crippen molar-refractivity contribution in [1.82, 2.24) is 0 Å². The van der Waals surface area contributed by atoms with E-state index in [1.807, 2.05) is 72.8 Å². The fourth-order valence-corrected chi connectivity index (χ4v) is 1.64. The minimum absolute atomic E-state index is 0.533. The van der Waals surface area contributed by atoms with Crippen molar-refractivity contribution in [3.05, 3.63) is 78.9 Å². The van der Waals surface area contributed by atoms with Crippen LogP contribution in [0.25, 0.3) is 6.08 Å². The van der Waals surface area contributed by atoms with Gasteiger partial charge < -0.3 is 9.47 Å². The first-order valence-electron chi connectivity index (χ1n) is 6.56. The lowest BCUT2D eigenvalue weighted by Gasteiger charge is -2.04. The normalized spacial score (nSPS) is 10.4. The summed E-state index contributed by atoms with van der Waals surface area (Å²) in [5, 5.41) is 0. The van der Waals surface area contributed by atoms with Gasteiger partial charge in [0, 0.05) is 0 Å². The fraction of sp³-hybridized carbons (Fsp3) is 0.111. The summed E-state index contributed by atoms with van der Waals surface area (Å²) >= 11 is 0. The molecule has 0 spiro atoms. The molecule has 0 aliphatic rings. The molecule has 0 aliphatic carbocycles. The number of para-hydroxylation sites is 1. The summed E-state index contributed by atoms with van der Waals surface area (Å²) in [6, 6.07) is 17.6. The zero-order valence-electron chi connectivity index (χ0n) is 11.4. The van der Waals surface area contributed by atoms with Crippen LogP contribution >= 0.6 is 0 Å². The Morgan fingerprint density at radius 1 is 0.750 bits per heavy atom. The topological polar surface area (TPSA) is 18.5 Å². The van der Waals surface area contributed by atoms with E-state index in [1.165, 1.54) is 0 Å². The lowest BCUT2D eigenvalue weighted by atomic mass is 10.2. The SMILES string of the molecule is C=Cc1ccc(OC/C=C/COc2ccccc2)cc1. The monoisotopic (exact) mass is 266 g/mol. The van der Waals surface area contributed by atoms with E-state index >= 15 is 0 Å². The Morgan fingerprint density at radius 3 is 1.85 bits per heavy atom. The molecule has 2 aromatic rings. The first-order chi connectivity index (χ1) is 9.88. The largest absolute Gasteiger partial charge is 0.490 e. The highest BCUT2D eigenvalue weighted by atomic mass is 16.5. The molecule has 2 aromatic carbocycles. The molecule has 102 valence electrons. The van der Waals surface area contributed by atoms with Gasteiger partial charge in [-0.15, -0.1) is 0 Å². The van der Waals surface area contributed by atoms with Crippen LogP contribution in [0.1, 0.15) is 5.56 Å². The van der Waals surface area contributed by atoms with Gasteiger partial charge in [-0.2, -0.15) is 0 Å². The number of ether oxygens (including phenoxy) is 2. The van der Waals surface area contributed by atoms with Gasteiger partial charge in [0.1, 0.15) is 24.7 Å². The summed E-state index contributed by atoms with van der Waals surface area (Å²) in [6.07, 6.45) is 5.71. The van der Waals surface area contributed by atoms with Crippen molar-refractivity contribution in [3.8, 4) is 11.5 Å². The first-order valence-corrected chi connectivity index (χ1v) is 6.56. The van der Waals surface area contributed by atoms with Crippen molar-refractivity contribution in [2.75, 3.05) is 13.2 Å². The van der Waals surface area contributed by atoms with Crippen LogP contribution in [0.5, 0.6) is 11.5 Å². The van der Waals surface area contributed by atoms with Gasteiger partial charge in [-0.05, 0) is 42.0 Å². The molecule has 2 nitrogen and oxygen atoms in total. The van der Waals surface area contributed by atoms with Crippen LogP contribution < -0.4 is 9.47 Å². The molecule has 20 heavy (non-hydrogen) atoms. The summed E-state index contributed by atoms with van der Waals surface area (Å²) in [7, 11) is 0. The summed E-state index contributed by atoms with van der Waals surface area (Å²) in [5.74, 6) is 1.72. The maximum absolute atomic E-state index is 5.58. The van der Waals surface area contributed by atoms with Crippen LogP contribution in [0, 0.1) is 0 Å². The van der Waals surface area contributed by atoms with Gasteiger partial charge in [-0.25, -0.2) is 0 Å². The van der Waals surface area contributed by atoms with Gasteiger partial charge in [0.05, 0.1) is 0 Å². The predicted octanol–water partition coefficient (Wildman–Crippen LogP) is 4.34. The Morgan fingerprint density at radius 2 is 1.30 bits per heavy atom. The highest BCUT2D eigenvalue weighted by Crippen LogP contribution is 2.12. The third-order valence-corrected chi connectivity index (χ3v) is 2.72. The van der Waals surface area contributed by atoms with E-state index in [0.717, 1.165) is 17.1 Å². The van der Waals surface area contributed by atoms with Crippen molar-refractivity contribution in [3.63, 3.8) is 0 Å². The van der Waals surface area contributed by atoms with E-state index in [0.29, 0.717) is 13.2 Å². The minimum atomic E-state index is 0.533. The Labute approximate surface area is 120 Å². The summed E-state index contributed by atoms with van der Waals surface area (Å²) in [4.78, 5) is 0. The molecular formula is C18H18O2. The van der Waals surface area contributed by atoms with E-state index in [9.17, 15) is 0 Å². The zero-order valence-corrected chi connectivity index (χ0v) is 11.4. The molecule has 0 aliphatic heterocycles. The van der Waals surface area contributed by atoms with E-state index in [1.54, 1.807) is 0 Å². The molecular weight excluding hydrogens is 248 g/mol. The van der Waals surface area contributed by atoms with Crippen LogP contribution in [-0.2, 0) is 0 Å². The Hall–Kier alpha value is -2.48. The number of hydrogen-bond donors (Lipinski definition) is 0. The molecule has 0 saturated carbocycles. The smallest absolute Gasteiger partial charge is 0.119 e. The van der Waals surface area contributed by atoms with Gasteiger partial charge in [0.25, 0.3) is 0 Å². The third kappa shape index (κ3) is 4.65. The molecule has 0 N–H and O–H groups in total. The third-order valence-electron chi connectivity index (χ3n) is 2.72. The van der Waals surface area contributed by atoms with Crippen LogP contribution in [0.15, 0.2) is 73.3 Å². The number of rotatable bonds is 7. The molecule has 0 amide bonds. The second-order valence-electron chi connectivity index (χ2n) is 4.18. The van der Waals surface area contributed by atoms with Crippen molar-refractivity contribution in [2.45, 2.75) is 0 Å². The molecule has 0 unspecified atom stereocenters. The minimum Gasteiger partial charge on any atom is -0.490 e. The average Bonchev–Trinajstić information content (AvgIpc) is 2.52. The van der Waals surface area contributed by atoms with Gasteiger partial charge in [-0.1, -0.05) is 43.0 Å². The van der Waals surface area contributed by atoms with Crippen molar-refractivity contribution < 1.29 is 9.47 Å². The zero-order chi connectivity index (χ0) is 14.0. The number of benzene rings is 2.